The number of nitrogens with zero attached hydrogens (tertiary/aromatic N) is 1. The van der Waals surface area contributed by atoms with Crippen LogP contribution >= 0.6 is 35.4 Å². The lowest BCUT2D eigenvalue weighted by molar-refractivity contribution is -0.177. The smallest absolute Gasteiger partial charge is 0.392 e. The van der Waals surface area contributed by atoms with E-state index in [4.69, 9.17) is 40.2 Å². The van der Waals surface area contributed by atoms with Crippen molar-refractivity contribution in [2.24, 2.45) is 5.92 Å². The van der Waals surface area contributed by atoms with Crippen LogP contribution in [0.2, 0.25) is 5.02 Å². The van der Waals surface area contributed by atoms with Crippen molar-refractivity contribution in [1.29, 1.82) is 0 Å². The Morgan fingerprint density at radius 3 is 2.63 bits per heavy atom. The molecule has 1 saturated heterocycles. The number of carbonyl (C=O) groups is 2. The minimum atomic E-state index is -4.49. The lowest BCUT2D eigenvalue weighted by Crippen LogP contribution is -2.46. The average molecular weight is 440 g/mol. The van der Waals surface area contributed by atoms with Gasteiger partial charge in [0.1, 0.15) is 5.03 Å². The molecule has 1 fully saturated rings. The van der Waals surface area contributed by atoms with Crippen molar-refractivity contribution < 1.29 is 27.5 Å². The molecule has 1 heterocycles. The van der Waals surface area contributed by atoms with Gasteiger partial charge in [-0.1, -0.05) is 35.4 Å². The molecule has 1 amide bonds. The zero-order chi connectivity index (χ0) is 20.4. The van der Waals surface area contributed by atoms with Gasteiger partial charge in [0.15, 0.2) is 0 Å². The number of carbonyl (C=O) groups excluding carboxylic acids is 2. The largest absolute Gasteiger partial charge is 0.462 e. The zero-order valence-electron chi connectivity index (χ0n) is 14.0. The normalized spacial score (nSPS) is 18.7. The Balaban J connectivity index is 2.33. The summed E-state index contributed by atoms with van der Waals surface area (Å²) in [7, 11) is 0. The molecule has 1 aliphatic rings. The summed E-state index contributed by atoms with van der Waals surface area (Å²) in [5, 5.41) is -0.00896. The summed E-state index contributed by atoms with van der Waals surface area (Å²) in [5.41, 5.74) is 0.537. The van der Waals surface area contributed by atoms with Gasteiger partial charge in [0.05, 0.1) is 23.2 Å². The molecule has 0 aromatic heterocycles. The summed E-state index contributed by atoms with van der Waals surface area (Å²) in [4.78, 5) is 24.8. The standard InChI is InChI=1S/C17H14Cl2F3NO3S/c1-2-26-16(25)13(19)6-9-5-11(3-4-12(9)18)23-14(24)7-10(8-15(23)27)17(20,21)22/h3-6,10H,2,7-8H2,1H3. The highest BCUT2D eigenvalue weighted by Gasteiger charge is 2.46. The molecule has 1 aromatic carbocycles. The highest BCUT2D eigenvalue weighted by Crippen LogP contribution is 2.38. The van der Waals surface area contributed by atoms with E-state index in [1.165, 1.54) is 24.3 Å². The lowest BCUT2D eigenvalue weighted by Gasteiger charge is -2.33. The number of halogens is 5. The van der Waals surface area contributed by atoms with Crippen LogP contribution in [0.4, 0.5) is 18.9 Å². The van der Waals surface area contributed by atoms with Crippen LogP contribution in [0.15, 0.2) is 23.2 Å². The van der Waals surface area contributed by atoms with Crippen molar-refractivity contribution in [3.63, 3.8) is 0 Å². The van der Waals surface area contributed by atoms with Crippen LogP contribution in [0.1, 0.15) is 25.3 Å². The van der Waals surface area contributed by atoms with Crippen molar-refractivity contribution in [2.75, 3.05) is 11.5 Å². The average Bonchev–Trinajstić information content (AvgIpc) is 2.56. The maximum absolute atomic E-state index is 12.9. The van der Waals surface area contributed by atoms with E-state index in [0.717, 1.165) is 4.90 Å². The molecule has 146 valence electrons. The van der Waals surface area contributed by atoms with Gasteiger partial charge in [-0.05, 0) is 36.8 Å². The van der Waals surface area contributed by atoms with Crippen molar-refractivity contribution in [1.82, 2.24) is 0 Å². The van der Waals surface area contributed by atoms with Gasteiger partial charge in [-0.2, -0.15) is 13.2 Å². The molecule has 10 heteroatoms. The Bertz CT molecular complexity index is 793. The number of benzene rings is 1. The van der Waals surface area contributed by atoms with Gasteiger partial charge in [-0.15, -0.1) is 0 Å². The van der Waals surface area contributed by atoms with Crippen LogP contribution in [-0.4, -0.2) is 29.6 Å². The number of piperidine rings is 1. The summed E-state index contributed by atoms with van der Waals surface area (Å²) in [5.74, 6) is -3.31. The van der Waals surface area contributed by atoms with E-state index in [1.807, 2.05) is 0 Å². The Labute approximate surface area is 168 Å². The Morgan fingerprint density at radius 1 is 1.41 bits per heavy atom. The molecule has 0 aliphatic carbocycles. The first-order valence-corrected chi connectivity index (χ1v) is 8.97. The molecule has 1 aliphatic heterocycles. The fourth-order valence-electron chi connectivity index (χ4n) is 2.51. The first kappa shape index (κ1) is 21.7. The third kappa shape index (κ3) is 5.21. The first-order valence-electron chi connectivity index (χ1n) is 7.81. The van der Waals surface area contributed by atoms with E-state index in [1.54, 1.807) is 6.92 Å². The van der Waals surface area contributed by atoms with Crippen LogP contribution in [0.3, 0.4) is 0 Å². The minimum Gasteiger partial charge on any atom is -0.462 e. The van der Waals surface area contributed by atoms with E-state index in [-0.39, 0.29) is 27.3 Å². The fourth-order valence-corrected chi connectivity index (χ4v) is 3.26. The summed E-state index contributed by atoms with van der Waals surface area (Å²) in [6.07, 6.45) is -4.39. The molecule has 0 radical (unpaired) electrons. The van der Waals surface area contributed by atoms with E-state index >= 15 is 0 Å². The molecule has 0 bridgehead atoms. The number of rotatable bonds is 4. The molecule has 4 nitrogen and oxygen atoms in total. The molecule has 0 saturated carbocycles. The predicted molar refractivity (Wildman–Crippen MR) is 101 cm³/mol. The van der Waals surface area contributed by atoms with Crippen LogP contribution in [0.5, 0.6) is 0 Å². The summed E-state index contributed by atoms with van der Waals surface area (Å²) >= 11 is 17.0. The van der Waals surface area contributed by atoms with Crippen molar-refractivity contribution in [2.45, 2.75) is 25.9 Å². The molecular weight excluding hydrogens is 426 g/mol. The SMILES string of the molecule is CCOC(=O)C(Cl)=Cc1cc(N2C(=O)CC(C(F)(F)F)CC2=S)ccc1Cl. The second-order valence-corrected chi connectivity index (χ2v) is 6.97. The minimum absolute atomic E-state index is 0.133. The maximum atomic E-state index is 12.9. The summed E-state index contributed by atoms with van der Waals surface area (Å²) < 4.78 is 43.5. The molecule has 0 spiro atoms. The zero-order valence-corrected chi connectivity index (χ0v) is 16.3. The Kier molecular flexibility index (Phi) is 6.88. The van der Waals surface area contributed by atoms with Crippen LogP contribution in [-0.2, 0) is 14.3 Å². The molecule has 1 unspecified atom stereocenters. The molecule has 1 aromatic rings. The van der Waals surface area contributed by atoms with Gasteiger partial charge in [-0.25, -0.2) is 4.79 Å². The quantitative estimate of drug-likeness (QED) is 0.371. The molecule has 27 heavy (non-hydrogen) atoms. The third-order valence-electron chi connectivity index (χ3n) is 3.79. The fraction of sp³-hybridized carbons (Fsp3) is 0.353. The van der Waals surface area contributed by atoms with Gasteiger partial charge in [-0.3, -0.25) is 9.69 Å². The van der Waals surface area contributed by atoms with Crippen LogP contribution in [0.25, 0.3) is 6.08 Å². The van der Waals surface area contributed by atoms with E-state index in [9.17, 15) is 22.8 Å². The van der Waals surface area contributed by atoms with Gasteiger partial charge < -0.3 is 4.74 Å². The number of hydrogen-bond donors (Lipinski definition) is 0. The molecule has 1 atom stereocenters. The second-order valence-electron chi connectivity index (χ2n) is 5.69. The Morgan fingerprint density at radius 2 is 2.07 bits per heavy atom. The van der Waals surface area contributed by atoms with Crippen molar-refractivity contribution >= 4 is 64.0 Å². The third-order valence-corrected chi connectivity index (χ3v) is 4.75. The van der Waals surface area contributed by atoms with E-state index in [2.05, 4.69) is 0 Å². The van der Waals surface area contributed by atoms with E-state index in [0.29, 0.717) is 5.56 Å². The highest BCUT2D eigenvalue weighted by molar-refractivity contribution is 7.80. The first-order chi connectivity index (χ1) is 12.5. The summed E-state index contributed by atoms with van der Waals surface area (Å²) in [6.45, 7) is 1.75. The van der Waals surface area contributed by atoms with Gasteiger partial charge in [0, 0.05) is 17.9 Å². The predicted octanol–water partition coefficient (Wildman–Crippen LogP) is 5.12. The van der Waals surface area contributed by atoms with Crippen LogP contribution in [0, 0.1) is 5.92 Å². The van der Waals surface area contributed by atoms with Crippen molar-refractivity contribution in [3.05, 3.63) is 33.8 Å². The lowest BCUT2D eigenvalue weighted by atomic mass is 9.95. The van der Waals surface area contributed by atoms with Crippen LogP contribution < -0.4 is 4.90 Å². The summed E-state index contributed by atoms with van der Waals surface area (Å²) in [6, 6.07) is 4.31. The number of thiocarbonyl (C=S) groups is 1. The molecular formula is C17H14Cl2F3NO3S. The number of ether oxygens (including phenoxy) is 1. The number of hydrogen-bond acceptors (Lipinski definition) is 4. The van der Waals surface area contributed by atoms with Gasteiger partial charge in [0.25, 0.3) is 0 Å². The van der Waals surface area contributed by atoms with E-state index < -0.39 is 36.8 Å². The number of esters is 1. The highest BCUT2D eigenvalue weighted by atomic mass is 35.5. The molecule has 0 N–H and O–H groups in total. The monoisotopic (exact) mass is 439 g/mol. The van der Waals surface area contributed by atoms with Crippen molar-refractivity contribution in [3.8, 4) is 0 Å². The Hall–Kier alpha value is -1.64. The number of amides is 1. The molecule has 2 rings (SSSR count). The second kappa shape index (κ2) is 8.58. The number of alkyl halides is 3. The number of anilines is 1. The van der Waals surface area contributed by atoms with Gasteiger partial charge in [0.2, 0.25) is 5.91 Å². The maximum Gasteiger partial charge on any atom is 0.392 e. The topological polar surface area (TPSA) is 46.6 Å². The van der Waals surface area contributed by atoms with Gasteiger partial charge >= 0.3 is 12.1 Å².